The number of nitrogens with zero attached hydrogens (tertiary/aromatic N) is 3. The van der Waals surface area contributed by atoms with Gasteiger partial charge >= 0.3 is 0 Å². The fourth-order valence-electron chi connectivity index (χ4n) is 3.89. The van der Waals surface area contributed by atoms with E-state index in [2.05, 4.69) is 9.80 Å². The lowest BCUT2D eigenvalue weighted by Crippen LogP contribution is -2.49. The first kappa shape index (κ1) is 16.4. The largest absolute Gasteiger partial charge is 0.298 e. The van der Waals surface area contributed by atoms with Crippen LogP contribution in [-0.4, -0.2) is 46.9 Å². The van der Waals surface area contributed by atoms with E-state index >= 15 is 0 Å². The molecule has 0 spiro atoms. The molecule has 0 atom stereocenters. The van der Waals surface area contributed by atoms with Gasteiger partial charge in [0.1, 0.15) is 0 Å². The first-order chi connectivity index (χ1) is 11.2. The fraction of sp³-hybridized carbons (Fsp3) is 0.667. The summed E-state index contributed by atoms with van der Waals surface area (Å²) in [5.74, 6) is 0. The molecule has 3 rings (SSSR count). The first-order valence-corrected chi connectivity index (χ1v) is 8.92. The molecule has 0 unspecified atom stereocenters. The van der Waals surface area contributed by atoms with E-state index in [-0.39, 0.29) is 10.6 Å². The van der Waals surface area contributed by atoms with Gasteiger partial charge in [-0.25, -0.2) is 0 Å². The summed E-state index contributed by atoms with van der Waals surface area (Å²) in [5.41, 5.74) is 1.34. The minimum atomic E-state index is -0.338. The van der Waals surface area contributed by atoms with Crippen LogP contribution in [0.15, 0.2) is 24.3 Å². The van der Waals surface area contributed by atoms with Crippen LogP contribution in [0.3, 0.4) is 0 Å². The Morgan fingerprint density at radius 1 is 0.957 bits per heavy atom. The summed E-state index contributed by atoms with van der Waals surface area (Å²) in [5, 5.41) is 10.7. The van der Waals surface area contributed by atoms with E-state index in [0.717, 1.165) is 38.8 Å². The van der Waals surface area contributed by atoms with E-state index in [1.54, 1.807) is 12.1 Å². The highest BCUT2D eigenvalue weighted by molar-refractivity contribution is 5.32. The molecule has 2 fully saturated rings. The highest BCUT2D eigenvalue weighted by Gasteiger charge is 2.24. The van der Waals surface area contributed by atoms with Crippen LogP contribution in [-0.2, 0) is 6.54 Å². The maximum atomic E-state index is 10.7. The lowest BCUT2D eigenvalue weighted by molar-refractivity contribution is -0.384. The second-order valence-corrected chi connectivity index (χ2v) is 6.88. The summed E-state index contributed by atoms with van der Waals surface area (Å²) in [7, 11) is 0. The number of hydrogen-bond acceptors (Lipinski definition) is 4. The predicted molar refractivity (Wildman–Crippen MR) is 91.4 cm³/mol. The molecule has 0 radical (unpaired) electrons. The highest BCUT2D eigenvalue weighted by atomic mass is 16.6. The topological polar surface area (TPSA) is 49.6 Å². The van der Waals surface area contributed by atoms with Gasteiger partial charge in [-0.2, -0.15) is 0 Å². The highest BCUT2D eigenvalue weighted by Crippen LogP contribution is 2.23. The molecule has 5 nitrogen and oxygen atoms in total. The Morgan fingerprint density at radius 2 is 1.57 bits per heavy atom. The molecule has 1 aliphatic heterocycles. The molecule has 1 aromatic rings. The summed E-state index contributed by atoms with van der Waals surface area (Å²) >= 11 is 0. The quantitative estimate of drug-likeness (QED) is 0.485. The predicted octanol–water partition coefficient (Wildman–Crippen LogP) is 3.44. The van der Waals surface area contributed by atoms with Gasteiger partial charge in [-0.05, 0) is 18.4 Å². The molecule has 2 aliphatic rings. The molecule has 126 valence electrons. The minimum Gasteiger partial charge on any atom is -0.298 e. The van der Waals surface area contributed by atoms with Crippen molar-refractivity contribution in [1.82, 2.24) is 9.80 Å². The van der Waals surface area contributed by atoms with Gasteiger partial charge < -0.3 is 0 Å². The molecular formula is C18H27N3O2. The lowest BCUT2D eigenvalue weighted by atomic mass is 10.1. The second-order valence-electron chi connectivity index (χ2n) is 6.88. The summed E-state index contributed by atoms with van der Waals surface area (Å²) in [6.07, 6.45) is 8.37. The van der Waals surface area contributed by atoms with Crippen LogP contribution in [0, 0.1) is 10.1 Å². The zero-order valence-electron chi connectivity index (χ0n) is 13.8. The van der Waals surface area contributed by atoms with Crippen LogP contribution in [0.2, 0.25) is 0 Å². The maximum Gasteiger partial charge on any atom is 0.269 e. The lowest BCUT2D eigenvalue weighted by Gasteiger charge is -2.39. The Balaban J connectivity index is 1.47. The van der Waals surface area contributed by atoms with Crippen LogP contribution < -0.4 is 0 Å². The molecule has 1 heterocycles. The zero-order valence-corrected chi connectivity index (χ0v) is 13.8. The number of hydrogen-bond donors (Lipinski definition) is 0. The summed E-state index contributed by atoms with van der Waals surface area (Å²) < 4.78 is 0. The molecule has 23 heavy (non-hydrogen) atoms. The van der Waals surface area contributed by atoms with Gasteiger partial charge in [0.15, 0.2) is 0 Å². The molecule has 0 N–H and O–H groups in total. The standard InChI is InChI=1S/C18H27N3O2/c22-21(23)18-9-7-16(8-10-18)15-19-11-13-20(14-12-19)17-5-3-1-2-4-6-17/h7-10,17H,1-6,11-15H2. The van der Waals surface area contributed by atoms with E-state index in [9.17, 15) is 10.1 Å². The average Bonchev–Trinajstić information content (AvgIpc) is 2.85. The minimum absolute atomic E-state index is 0.173. The van der Waals surface area contributed by atoms with Crippen LogP contribution in [0.25, 0.3) is 0 Å². The van der Waals surface area contributed by atoms with Gasteiger partial charge in [-0.3, -0.25) is 19.9 Å². The maximum absolute atomic E-state index is 10.7. The van der Waals surface area contributed by atoms with Gasteiger partial charge in [-0.1, -0.05) is 37.8 Å². The van der Waals surface area contributed by atoms with Crippen molar-refractivity contribution in [3.8, 4) is 0 Å². The summed E-state index contributed by atoms with van der Waals surface area (Å²) in [6.45, 7) is 5.44. The third-order valence-corrected chi connectivity index (χ3v) is 5.30. The third-order valence-electron chi connectivity index (χ3n) is 5.30. The number of benzene rings is 1. The SMILES string of the molecule is O=[N+]([O-])c1ccc(CN2CCN(C3CCCCCC3)CC2)cc1. The van der Waals surface area contributed by atoms with Crippen molar-refractivity contribution in [2.45, 2.75) is 51.1 Å². The molecule has 1 saturated heterocycles. The van der Waals surface area contributed by atoms with Crippen molar-refractivity contribution in [3.63, 3.8) is 0 Å². The van der Waals surface area contributed by atoms with Crippen LogP contribution in [0.1, 0.15) is 44.1 Å². The van der Waals surface area contributed by atoms with Crippen LogP contribution >= 0.6 is 0 Å². The van der Waals surface area contributed by atoms with E-state index in [1.807, 2.05) is 12.1 Å². The van der Waals surface area contributed by atoms with E-state index in [4.69, 9.17) is 0 Å². The first-order valence-electron chi connectivity index (χ1n) is 8.92. The molecule has 5 heteroatoms. The second kappa shape index (κ2) is 7.88. The number of nitro benzene ring substituents is 1. The van der Waals surface area contributed by atoms with Crippen molar-refractivity contribution in [3.05, 3.63) is 39.9 Å². The molecular weight excluding hydrogens is 290 g/mol. The van der Waals surface area contributed by atoms with Crippen molar-refractivity contribution in [1.29, 1.82) is 0 Å². The van der Waals surface area contributed by atoms with E-state index < -0.39 is 0 Å². The summed E-state index contributed by atoms with van der Waals surface area (Å²) in [6, 6.07) is 7.79. The Bertz CT molecular complexity index is 502. The van der Waals surface area contributed by atoms with E-state index in [0.29, 0.717) is 0 Å². The third kappa shape index (κ3) is 4.52. The van der Waals surface area contributed by atoms with Crippen LogP contribution in [0.4, 0.5) is 5.69 Å². The van der Waals surface area contributed by atoms with Crippen molar-refractivity contribution < 1.29 is 4.92 Å². The van der Waals surface area contributed by atoms with Gasteiger partial charge in [-0.15, -0.1) is 0 Å². The van der Waals surface area contributed by atoms with Gasteiger partial charge in [0.2, 0.25) is 0 Å². The Kier molecular flexibility index (Phi) is 5.62. The smallest absolute Gasteiger partial charge is 0.269 e. The zero-order chi connectivity index (χ0) is 16.1. The Labute approximate surface area is 138 Å². The van der Waals surface area contributed by atoms with Crippen molar-refractivity contribution >= 4 is 5.69 Å². The molecule has 1 aromatic carbocycles. The van der Waals surface area contributed by atoms with Crippen molar-refractivity contribution in [2.24, 2.45) is 0 Å². The van der Waals surface area contributed by atoms with E-state index in [1.165, 1.54) is 44.1 Å². The normalized spacial score (nSPS) is 21.9. The Hall–Kier alpha value is -1.46. The number of rotatable bonds is 4. The molecule has 1 saturated carbocycles. The van der Waals surface area contributed by atoms with Gasteiger partial charge in [0.05, 0.1) is 4.92 Å². The number of nitro groups is 1. The van der Waals surface area contributed by atoms with Crippen molar-refractivity contribution in [2.75, 3.05) is 26.2 Å². The monoisotopic (exact) mass is 317 g/mol. The average molecular weight is 317 g/mol. The van der Waals surface area contributed by atoms with Crippen LogP contribution in [0.5, 0.6) is 0 Å². The van der Waals surface area contributed by atoms with Gasteiger partial charge in [0, 0.05) is 50.9 Å². The molecule has 0 bridgehead atoms. The number of piperazine rings is 1. The molecule has 0 aromatic heterocycles. The molecule has 1 aliphatic carbocycles. The number of non-ortho nitro benzene ring substituents is 1. The Morgan fingerprint density at radius 3 is 2.13 bits per heavy atom. The summed E-state index contributed by atoms with van der Waals surface area (Å²) in [4.78, 5) is 15.5. The fourth-order valence-corrected chi connectivity index (χ4v) is 3.89. The molecule has 0 amide bonds. The van der Waals surface area contributed by atoms with Gasteiger partial charge in [0.25, 0.3) is 5.69 Å².